The van der Waals surface area contributed by atoms with E-state index in [9.17, 15) is 4.79 Å². The van der Waals surface area contributed by atoms with Crippen LogP contribution >= 0.6 is 11.6 Å². The molecule has 1 aromatic rings. The lowest BCUT2D eigenvalue weighted by Crippen LogP contribution is -2.28. The molecule has 0 atom stereocenters. The van der Waals surface area contributed by atoms with Crippen molar-refractivity contribution in [3.8, 4) is 0 Å². The SMILES string of the molecule is CC(C)COC(=O)N(C)Cc1cc(N)ccc1Cl. The molecular formula is C13H19ClN2O2. The third kappa shape index (κ3) is 4.45. The van der Waals surface area contributed by atoms with Gasteiger partial charge in [-0.2, -0.15) is 0 Å². The Labute approximate surface area is 113 Å². The zero-order chi connectivity index (χ0) is 13.7. The van der Waals surface area contributed by atoms with Crippen LogP contribution in [0.5, 0.6) is 0 Å². The van der Waals surface area contributed by atoms with Crippen LogP contribution in [0.15, 0.2) is 18.2 Å². The van der Waals surface area contributed by atoms with Gasteiger partial charge in [0, 0.05) is 17.8 Å². The summed E-state index contributed by atoms with van der Waals surface area (Å²) in [4.78, 5) is 13.2. The van der Waals surface area contributed by atoms with Crippen molar-refractivity contribution in [3.05, 3.63) is 28.8 Å². The summed E-state index contributed by atoms with van der Waals surface area (Å²) in [6, 6.07) is 5.21. The van der Waals surface area contributed by atoms with Crippen molar-refractivity contribution in [3.63, 3.8) is 0 Å². The van der Waals surface area contributed by atoms with E-state index >= 15 is 0 Å². The molecule has 0 aliphatic carbocycles. The third-order valence-corrected chi connectivity index (χ3v) is 2.70. The number of amides is 1. The van der Waals surface area contributed by atoms with Crippen LogP contribution in [0.3, 0.4) is 0 Å². The molecule has 0 fully saturated rings. The molecule has 0 aliphatic heterocycles. The standard InChI is InChI=1S/C13H19ClN2O2/c1-9(2)8-18-13(17)16(3)7-10-6-11(15)4-5-12(10)14/h4-6,9H,7-8,15H2,1-3H3. The summed E-state index contributed by atoms with van der Waals surface area (Å²) in [6.45, 7) is 4.76. The van der Waals surface area contributed by atoms with Gasteiger partial charge in [-0.1, -0.05) is 25.4 Å². The van der Waals surface area contributed by atoms with Crippen molar-refractivity contribution in [2.24, 2.45) is 5.92 Å². The Morgan fingerprint density at radius 2 is 2.17 bits per heavy atom. The maximum atomic E-state index is 11.7. The number of nitrogens with two attached hydrogens (primary N) is 1. The van der Waals surface area contributed by atoms with Gasteiger partial charge in [0.2, 0.25) is 0 Å². The second kappa shape index (κ2) is 6.50. The fourth-order valence-corrected chi connectivity index (χ4v) is 1.56. The van der Waals surface area contributed by atoms with Gasteiger partial charge in [-0.15, -0.1) is 0 Å². The Kier molecular flexibility index (Phi) is 5.28. The van der Waals surface area contributed by atoms with Crippen molar-refractivity contribution in [1.29, 1.82) is 0 Å². The first-order valence-corrected chi connectivity index (χ1v) is 6.19. The summed E-state index contributed by atoms with van der Waals surface area (Å²) in [7, 11) is 1.67. The average Bonchev–Trinajstić information content (AvgIpc) is 2.30. The molecular weight excluding hydrogens is 252 g/mol. The molecule has 0 saturated heterocycles. The quantitative estimate of drug-likeness (QED) is 0.855. The van der Waals surface area contributed by atoms with Crippen LogP contribution in [0.4, 0.5) is 10.5 Å². The largest absolute Gasteiger partial charge is 0.449 e. The average molecular weight is 271 g/mol. The first-order valence-electron chi connectivity index (χ1n) is 5.82. The van der Waals surface area contributed by atoms with Gasteiger partial charge in [0.1, 0.15) is 0 Å². The van der Waals surface area contributed by atoms with Gasteiger partial charge in [0.05, 0.1) is 13.2 Å². The maximum Gasteiger partial charge on any atom is 0.409 e. The van der Waals surface area contributed by atoms with Crippen molar-refractivity contribution < 1.29 is 9.53 Å². The number of ether oxygens (including phenoxy) is 1. The van der Waals surface area contributed by atoms with Gasteiger partial charge in [-0.05, 0) is 29.7 Å². The fraction of sp³-hybridized carbons (Fsp3) is 0.462. The Morgan fingerprint density at radius 1 is 1.50 bits per heavy atom. The predicted molar refractivity (Wildman–Crippen MR) is 73.5 cm³/mol. The number of anilines is 1. The molecule has 0 unspecified atom stereocenters. The van der Waals surface area contributed by atoms with Gasteiger partial charge in [-0.25, -0.2) is 4.79 Å². The van der Waals surface area contributed by atoms with Crippen molar-refractivity contribution >= 4 is 23.4 Å². The van der Waals surface area contributed by atoms with E-state index in [2.05, 4.69) is 0 Å². The number of carbonyl (C=O) groups is 1. The minimum atomic E-state index is -0.359. The monoisotopic (exact) mass is 270 g/mol. The highest BCUT2D eigenvalue weighted by Gasteiger charge is 2.13. The highest BCUT2D eigenvalue weighted by Crippen LogP contribution is 2.20. The van der Waals surface area contributed by atoms with Crippen LogP contribution in [0.25, 0.3) is 0 Å². The Balaban J connectivity index is 2.60. The lowest BCUT2D eigenvalue weighted by atomic mass is 10.2. The number of carbonyl (C=O) groups excluding carboxylic acids is 1. The summed E-state index contributed by atoms with van der Waals surface area (Å²) in [6.07, 6.45) is -0.359. The molecule has 0 bridgehead atoms. The zero-order valence-electron chi connectivity index (χ0n) is 10.9. The van der Waals surface area contributed by atoms with E-state index in [1.807, 2.05) is 13.8 Å². The van der Waals surface area contributed by atoms with Crippen molar-refractivity contribution in [1.82, 2.24) is 4.90 Å². The second-order valence-electron chi connectivity index (χ2n) is 4.68. The van der Waals surface area contributed by atoms with Crippen LogP contribution in [0, 0.1) is 5.92 Å². The summed E-state index contributed by atoms with van der Waals surface area (Å²) in [5, 5.41) is 0.590. The van der Waals surface area contributed by atoms with Gasteiger partial charge in [0.15, 0.2) is 0 Å². The molecule has 100 valence electrons. The minimum Gasteiger partial charge on any atom is -0.449 e. The number of rotatable bonds is 4. The first kappa shape index (κ1) is 14.6. The summed E-state index contributed by atoms with van der Waals surface area (Å²) >= 11 is 6.04. The Morgan fingerprint density at radius 3 is 2.78 bits per heavy atom. The van der Waals surface area contributed by atoms with Gasteiger partial charge >= 0.3 is 6.09 Å². The van der Waals surface area contributed by atoms with E-state index in [0.29, 0.717) is 29.8 Å². The topological polar surface area (TPSA) is 55.6 Å². The molecule has 18 heavy (non-hydrogen) atoms. The van der Waals surface area contributed by atoms with Crippen LogP contribution in [-0.4, -0.2) is 24.6 Å². The van der Waals surface area contributed by atoms with Crippen LogP contribution < -0.4 is 5.73 Å². The Bertz CT molecular complexity index is 421. The summed E-state index contributed by atoms with van der Waals surface area (Å²) in [5.41, 5.74) is 7.11. The summed E-state index contributed by atoms with van der Waals surface area (Å²) in [5.74, 6) is 0.318. The van der Waals surface area contributed by atoms with E-state index in [1.54, 1.807) is 25.2 Å². The fourth-order valence-electron chi connectivity index (χ4n) is 1.38. The molecule has 1 aromatic carbocycles. The lowest BCUT2D eigenvalue weighted by Gasteiger charge is -2.18. The van der Waals surface area contributed by atoms with Crippen LogP contribution in [-0.2, 0) is 11.3 Å². The Hall–Kier alpha value is -1.42. The van der Waals surface area contributed by atoms with E-state index in [-0.39, 0.29) is 6.09 Å². The molecule has 0 radical (unpaired) electrons. The molecule has 0 heterocycles. The van der Waals surface area contributed by atoms with E-state index in [1.165, 1.54) is 4.90 Å². The molecule has 1 amide bonds. The molecule has 4 nitrogen and oxygen atoms in total. The smallest absolute Gasteiger partial charge is 0.409 e. The molecule has 2 N–H and O–H groups in total. The van der Waals surface area contributed by atoms with E-state index in [4.69, 9.17) is 22.1 Å². The number of benzene rings is 1. The number of nitrogens with zero attached hydrogens (tertiary/aromatic N) is 1. The van der Waals surface area contributed by atoms with Crippen molar-refractivity contribution in [2.45, 2.75) is 20.4 Å². The first-order chi connectivity index (χ1) is 8.40. The normalized spacial score (nSPS) is 10.5. The molecule has 0 saturated carbocycles. The molecule has 0 aliphatic rings. The van der Waals surface area contributed by atoms with Crippen molar-refractivity contribution in [2.75, 3.05) is 19.4 Å². The van der Waals surface area contributed by atoms with Crippen LogP contribution in [0.2, 0.25) is 5.02 Å². The van der Waals surface area contributed by atoms with E-state index < -0.39 is 0 Å². The lowest BCUT2D eigenvalue weighted by molar-refractivity contribution is 0.0980. The maximum absolute atomic E-state index is 11.7. The third-order valence-electron chi connectivity index (χ3n) is 2.33. The zero-order valence-corrected chi connectivity index (χ0v) is 11.7. The van der Waals surface area contributed by atoms with Gasteiger partial charge < -0.3 is 15.4 Å². The molecule has 1 rings (SSSR count). The highest BCUT2D eigenvalue weighted by atomic mass is 35.5. The second-order valence-corrected chi connectivity index (χ2v) is 5.08. The minimum absolute atomic E-state index is 0.318. The highest BCUT2D eigenvalue weighted by molar-refractivity contribution is 6.31. The predicted octanol–water partition coefficient (Wildman–Crippen LogP) is 3.15. The van der Waals surface area contributed by atoms with Gasteiger partial charge in [0.25, 0.3) is 0 Å². The number of nitrogen functional groups attached to an aromatic ring is 1. The molecule has 0 spiro atoms. The van der Waals surface area contributed by atoms with Crippen LogP contribution in [0.1, 0.15) is 19.4 Å². The number of hydrogen-bond acceptors (Lipinski definition) is 3. The number of halogens is 1. The van der Waals surface area contributed by atoms with Gasteiger partial charge in [-0.3, -0.25) is 0 Å². The molecule has 0 aromatic heterocycles. The molecule has 5 heteroatoms. The summed E-state index contributed by atoms with van der Waals surface area (Å²) < 4.78 is 5.12. The number of hydrogen-bond donors (Lipinski definition) is 1. The van der Waals surface area contributed by atoms with E-state index in [0.717, 1.165) is 5.56 Å².